The van der Waals surface area contributed by atoms with Gasteiger partial charge in [-0.05, 0) is 31.5 Å². The van der Waals surface area contributed by atoms with Gasteiger partial charge in [0.15, 0.2) is 0 Å². The maximum Gasteiger partial charge on any atom is 0.241 e. The Bertz CT molecular complexity index is 481. The van der Waals surface area contributed by atoms with Crippen molar-refractivity contribution in [2.75, 3.05) is 25.6 Å². The van der Waals surface area contributed by atoms with Crippen LogP contribution in [0.15, 0.2) is 18.2 Å². The lowest BCUT2D eigenvalue weighted by Crippen LogP contribution is -2.35. The highest BCUT2D eigenvalue weighted by Gasteiger charge is 2.29. The van der Waals surface area contributed by atoms with E-state index in [1.807, 2.05) is 6.92 Å². The first-order chi connectivity index (χ1) is 9.63. The predicted octanol–water partition coefficient (Wildman–Crippen LogP) is 2.05. The monoisotopic (exact) mass is 298 g/mol. The molecular weight excluding hydrogens is 280 g/mol. The highest BCUT2D eigenvalue weighted by Crippen LogP contribution is 2.28. The third-order valence-electron chi connectivity index (χ3n) is 3.24. The lowest BCUT2D eigenvalue weighted by Gasteiger charge is -2.15. The molecule has 2 atom stereocenters. The molecule has 1 aliphatic rings. The Balaban J connectivity index is 2.05. The zero-order chi connectivity index (χ0) is 14.5. The summed E-state index contributed by atoms with van der Waals surface area (Å²) in [6.07, 6.45) is 0.740. The van der Waals surface area contributed by atoms with Gasteiger partial charge in [-0.3, -0.25) is 4.79 Å². The molecule has 1 amide bonds. The third-order valence-corrected chi connectivity index (χ3v) is 3.47. The Hall–Kier alpha value is -1.30. The number of methoxy groups -OCH3 is 1. The average Bonchev–Trinajstić information content (AvgIpc) is 2.91. The number of amides is 1. The second kappa shape index (κ2) is 6.92. The van der Waals surface area contributed by atoms with Gasteiger partial charge in [-0.25, -0.2) is 0 Å². The molecule has 0 aromatic heterocycles. The lowest BCUT2D eigenvalue weighted by atomic mass is 10.2. The molecule has 1 fully saturated rings. The van der Waals surface area contributed by atoms with Crippen LogP contribution >= 0.6 is 11.6 Å². The predicted molar refractivity (Wildman–Crippen MR) is 78.5 cm³/mol. The summed E-state index contributed by atoms with van der Waals surface area (Å²) in [7, 11) is 1.65. The van der Waals surface area contributed by atoms with E-state index in [0.29, 0.717) is 36.0 Å². The molecule has 1 aromatic carbocycles. The van der Waals surface area contributed by atoms with Crippen LogP contribution in [0.1, 0.15) is 13.3 Å². The second-order valence-corrected chi connectivity index (χ2v) is 5.05. The lowest BCUT2D eigenvalue weighted by molar-refractivity contribution is -0.118. The van der Waals surface area contributed by atoms with Gasteiger partial charge in [0.1, 0.15) is 5.75 Å². The minimum Gasteiger partial charge on any atom is -0.492 e. The first-order valence-corrected chi connectivity index (χ1v) is 7.01. The highest BCUT2D eigenvalue weighted by molar-refractivity contribution is 6.31. The van der Waals surface area contributed by atoms with E-state index >= 15 is 0 Å². The van der Waals surface area contributed by atoms with Crippen LogP contribution in [0.3, 0.4) is 0 Å². The summed E-state index contributed by atoms with van der Waals surface area (Å²) >= 11 is 5.96. The molecule has 2 N–H and O–H groups in total. The molecule has 1 aromatic rings. The van der Waals surface area contributed by atoms with E-state index in [1.54, 1.807) is 25.3 Å². The van der Waals surface area contributed by atoms with Crippen molar-refractivity contribution in [3.8, 4) is 5.75 Å². The van der Waals surface area contributed by atoms with Crippen molar-refractivity contribution in [1.82, 2.24) is 5.32 Å². The van der Waals surface area contributed by atoms with Crippen LogP contribution in [0.25, 0.3) is 0 Å². The van der Waals surface area contributed by atoms with E-state index in [1.165, 1.54) is 0 Å². The number of anilines is 1. The number of carbonyl (C=O) groups excluding carboxylic acids is 1. The standard InChI is InChI=1S/C14H19ClN2O3/c1-3-20-13-5-4-9(15)6-11(13)17-14(18)12-7-10(19-2)8-16-12/h4-6,10,12,16H,3,7-8H2,1-2H3,(H,17,18). The molecule has 0 radical (unpaired) electrons. The topological polar surface area (TPSA) is 59.6 Å². The molecule has 1 heterocycles. The molecule has 1 saturated heterocycles. The van der Waals surface area contributed by atoms with Crippen molar-refractivity contribution >= 4 is 23.2 Å². The van der Waals surface area contributed by atoms with Crippen molar-refractivity contribution < 1.29 is 14.3 Å². The Kier molecular flexibility index (Phi) is 5.23. The van der Waals surface area contributed by atoms with E-state index < -0.39 is 0 Å². The maximum atomic E-state index is 12.2. The Morgan fingerprint density at radius 3 is 3.00 bits per heavy atom. The maximum absolute atomic E-state index is 12.2. The SMILES string of the molecule is CCOc1ccc(Cl)cc1NC(=O)C1CC(OC)CN1. The summed E-state index contributed by atoms with van der Waals surface area (Å²) in [5, 5.41) is 6.54. The first-order valence-electron chi connectivity index (χ1n) is 6.63. The molecule has 0 spiro atoms. The second-order valence-electron chi connectivity index (χ2n) is 4.62. The van der Waals surface area contributed by atoms with E-state index in [0.717, 1.165) is 0 Å². The van der Waals surface area contributed by atoms with Crippen LogP contribution < -0.4 is 15.4 Å². The normalized spacial score (nSPS) is 21.8. The largest absolute Gasteiger partial charge is 0.492 e. The van der Waals surface area contributed by atoms with Gasteiger partial charge in [-0.2, -0.15) is 0 Å². The number of rotatable bonds is 5. The number of nitrogens with one attached hydrogen (secondary N) is 2. The Labute approximate surface area is 123 Å². The fraction of sp³-hybridized carbons (Fsp3) is 0.500. The molecule has 1 aliphatic heterocycles. The fourth-order valence-electron chi connectivity index (χ4n) is 2.18. The minimum atomic E-state index is -0.256. The minimum absolute atomic E-state index is 0.0801. The summed E-state index contributed by atoms with van der Waals surface area (Å²) in [6.45, 7) is 3.10. The molecule has 2 rings (SSSR count). The number of carbonyl (C=O) groups is 1. The molecule has 0 bridgehead atoms. The van der Waals surface area contributed by atoms with Gasteiger partial charge in [-0.15, -0.1) is 0 Å². The molecule has 5 nitrogen and oxygen atoms in total. The van der Waals surface area contributed by atoms with Crippen LogP contribution in [0.5, 0.6) is 5.75 Å². The first kappa shape index (κ1) is 15.1. The zero-order valence-electron chi connectivity index (χ0n) is 11.6. The molecule has 0 aliphatic carbocycles. The zero-order valence-corrected chi connectivity index (χ0v) is 12.4. The van der Waals surface area contributed by atoms with Gasteiger partial charge in [0.2, 0.25) is 5.91 Å². The van der Waals surface area contributed by atoms with Crippen molar-refractivity contribution in [2.45, 2.75) is 25.5 Å². The summed E-state index contributed by atoms with van der Waals surface area (Å²) in [6, 6.07) is 4.92. The number of hydrogen-bond donors (Lipinski definition) is 2. The quantitative estimate of drug-likeness (QED) is 0.873. The van der Waals surface area contributed by atoms with E-state index in [4.69, 9.17) is 21.1 Å². The summed E-state index contributed by atoms with van der Waals surface area (Å²) < 4.78 is 10.7. The highest BCUT2D eigenvalue weighted by atomic mass is 35.5. The van der Waals surface area contributed by atoms with Gasteiger partial charge in [0.25, 0.3) is 0 Å². The molecule has 2 unspecified atom stereocenters. The molecule has 20 heavy (non-hydrogen) atoms. The van der Waals surface area contributed by atoms with Crippen molar-refractivity contribution in [3.05, 3.63) is 23.2 Å². The van der Waals surface area contributed by atoms with E-state index in [-0.39, 0.29) is 18.1 Å². The van der Waals surface area contributed by atoms with Gasteiger partial charge in [-0.1, -0.05) is 11.6 Å². The molecule has 110 valence electrons. The van der Waals surface area contributed by atoms with Crippen molar-refractivity contribution in [2.24, 2.45) is 0 Å². The van der Waals surface area contributed by atoms with Crippen LogP contribution in [0.2, 0.25) is 5.02 Å². The summed E-state index contributed by atoms with van der Waals surface area (Å²) in [4.78, 5) is 12.2. The summed E-state index contributed by atoms with van der Waals surface area (Å²) in [5.41, 5.74) is 0.590. The van der Waals surface area contributed by atoms with Gasteiger partial charge < -0.3 is 20.1 Å². The van der Waals surface area contributed by atoms with Crippen LogP contribution in [-0.4, -0.2) is 38.3 Å². The van der Waals surface area contributed by atoms with Gasteiger partial charge >= 0.3 is 0 Å². The van der Waals surface area contributed by atoms with Gasteiger partial charge in [0.05, 0.1) is 24.4 Å². The van der Waals surface area contributed by atoms with Crippen LogP contribution in [0.4, 0.5) is 5.69 Å². The van der Waals surface area contributed by atoms with Gasteiger partial charge in [0, 0.05) is 18.7 Å². The van der Waals surface area contributed by atoms with Crippen molar-refractivity contribution in [3.63, 3.8) is 0 Å². The summed E-state index contributed by atoms with van der Waals surface area (Å²) in [5.74, 6) is 0.513. The number of benzene rings is 1. The number of hydrogen-bond acceptors (Lipinski definition) is 4. The number of halogens is 1. The molecule has 0 saturated carbocycles. The number of ether oxygens (including phenoxy) is 2. The van der Waals surface area contributed by atoms with Crippen LogP contribution in [0, 0.1) is 0 Å². The average molecular weight is 299 g/mol. The van der Waals surface area contributed by atoms with Crippen molar-refractivity contribution in [1.29, 1.82) is 0 Å². The smallest absolute Gasteiger partial charge is 0.241 e. The van der Waals surface area contributed by atoms with E-state index in [2.05, 4.69) is 10.6 Å². The van der Waals surface area contributed by atoms with E-state index in [9.17, 15) is 4.79 Å². The third kappa shape index (κ3) is 3.62. The van der Waals surface area contributed by atoms with Crippen LogP contribution in [-0.2, 0) is 9.53 Å². The molecular formula is C14H19ClN2O3. The molecule has 6 heteroatoms. The Morgan fingerprint density at radius 1 is 1.55 bits per heavy atom. The Morgan fingerprint density at radius 2 is 2.35 bits per heavy atom. The fourth-order valence-corrected chi connectivity index (χ4v) is 2.36.